The van der Waals surface area contributed by atoms with Gasteiger partial charge in [-0.1, -0.05) is 24.3 Å². The molecule has 0 saturated heterocycles. The Kier molecular flexibility index (Phi) is 7.79. The van der Waals surface area contributed by atoms with Gasteiger partial charge in [0.25, 0.3) is 0 Å². The summed E-state index contributed by atoms with van der Waals surface area (Å²) in [7, 11) is 0. The van der Waals surface area contributed by atoms with Gasteiger partial charge in [-0.15, -0.1) is 0 Å². The van der Waals surface area contributed by atoms with Crippen LogP contribution in [0.5, 0.6) is 5.75 Å². The molecule has 156 valence electrons. The molecular weight excluding hydrogens is 370 g/mol. The molecule has 0 fully saturated rings. The average Bonchev–Trinajstić information content (AvgIpc) is 2.63. The minimum Gasteiger partial charge on any atom is -0.479 e. The third kappa shape index (κ3) is 7.95. The molecule has 0 radical (unpaired) electrons. The summed E-state index contributed by atoms with van der Waals surface area (Å²) in [6.45, 7) is 8.35. The first-order valence-corrected chi connectivity index (χ1v) is 9.67. The number of carboxylic acid groups (broad SMARTS) is 1. The molecule has 6 heteroatoms. The van der Waals surface area contributed by atoms with E-state index in [1.165, 1.54) is 0 Å². The van der Waals surface area contributed by atoms with Crippen LogP contribution in [0.15, 0.2) is 48.5 Å². The van der Waals surface area contributed by atoms with Crippen molar-refractivity contribution in [3.05, 3.63) is 59.7 Å². The van der Waals surface area contributed by atoms with Crippen molar-refractivity contribution in [2.75, 3.05) is 11.9 Å². The highest BCUT2D eigenvalue weighted by atomic mass is 16.5. The maximum Gasteiger partial charge on any atom is 0.333 e. The highest BCUT2D eigenvalue weighted by Crippen LogP contribution is 2.18. The van der Waals surface area contributed by atoms with Crippen LogP contribution in [0.4, 0.5) is 5.69 Å². The van der Waals surface area contributed by atoms with E-state index in [1.807, 2.05) is 24.3 Å². The van der Waals surface area contributed by atoms with E-state index in [-0.39, 0.29) is 24.3 Å². The summed E-state index contributed by atoms with van der Waals surface area (Å²) in [6, 6.07) is 14.5. The second kappa shape index (κ2) is 10.1. The van der Waals surface area contributed by atoms with E-state index in [0.29, 0.717) is 12.4 Å². The van der Waals surface area contributed by atoms with Crippen LogP contribution in [0.2, 0.25) is 0 Å². The number of aliphatic carboxylic acids is 1. The zero-order valence-electron chi connectivity index (χ0n) is 17.4. The molecule has 0 aliphatic carbocycles. The number of carbonyl (C=O) groups excluding carboxylic acids is 1. The van der Waals surface area contributed by atoms with E-state index < -0.39 is 12.1 Å². The largest absolute Gasteiger partial charge is 0.479 e. The molecule has 0 bridgehead atoms. The Morgan fingerprint density at radius 3 is 2.10 bits per heavy atom. The molecule has 0 spiro atoms. The van der Waals surface area contributed by atoms with Crippen LogP contribution < -0.4 is 10.1 Å². The van der Waals surface area contributed by atoms with Gasteiger partial charge in [-0.2, -0.15) is 0 Å². The molecule has 2 rings (SSSR count). The van der Waals surface area contributed by atoms with Crippen LogP contribution in [-0.2, 0) is 27.2 Å². The number of esters is 1. The SMILES string of the molecule is CCOC(Cc1ccc(OC(=O)Cc2ccc(NC(C)(C)C)cc2)cc1)C(=O)O. The van der Waals surface area contributed by atoms with E-state index in [4.69, 9.17) is 14.6 Å². The highest BCUT2D eigenvalue weighted by Gasteiger charge is 2.18. The molecule has 1 unspecified atom stereocenters. The average molecular weight is 399 g/mol. The molecule has 29 heavy (non-hydrogen) atoms. The van der Waals surface area contributed by atoms with Crippen molar-refractivity contribution in [2.24, 2.45) is 0 Å². The van der Waals surface area contributed by atoms with E-state index in [0.717, 1.165) is 16.8 Å². The van der Waals surface area contributed by atoms with Crippen LogP contribution in [0.1, 0.15) is 38.8 Å². The molecule has 1 atom stereocenters. The molecule has 0 aliphatic heterocycles. The lowest BCUT2D eigenvalue weighted by atomic mass is 10.1. The number of benzene rings is 2. The van der Waals surface area contributed by atoms with E-state index in [9.17, 15) is 9.59 Å². The van der Waals surface area contributed by atoms with Gasteiger partial charge in [-0.25, -0.2) is 4.79 Å². The predicted octanol–water partition coefficient (Wildman–Crippen LogP) is 4.08. The second-order valence-electron chi connectivity index (χ2n) is 7.85. The topological polar surface area (TPSA) is 84.9 Å². The Labute approximate surface area is 171 Å². The van der Waals surface area contributed by atoms with Gasteiger partial charge in [0.1, 0.15) is 5.75 Å². The van der Waals surface area contributed by atoms with Gasteiger partial charge in [0.2, 0.25) is 0 Å². The monoisotopic (exact) mass is 399 g/mol. The number of hydrogen-bond acceptors (Lipinski definition) is 5. The maximum atomic E-state index is 12.2. The van der Waals surface area contributed by atoms with Crippen LogP contribution in [0, 0.1) is 0 Å². The minimum atomic E-state index is -0.994. The minimum absolute atomic E-state index is 0.0280. The Morgan fingerprint density at radius 1 is 1.00 bits per heavy atom. The fraction of sp³-hybridized carbons (Fsp3) is 0.391. The van der Waals surface area contributed by atoms with Gasteiger partial charge in [-0.3, -0.25) is 4.79 Å². The van der Waals surface area contributed by atoms with Crippen LogP contribution >= 0.6 is 0 Å². The summed E-state index contributed by atoms with van der Waals surface area (Å²) in [5.74, 6) is -0.925. The summed E-state index contributed by atoms with van der Waals surface area (Å²) >= 11 is 0. The number of ether oxygens (including phenoxy) is 2. The summed E-state index contributed by atoms with van der Waals surface area (Å²) in [5, 5.41) is 12.5. The fourth-order valence-electron chi connectivity index (χ4n) is 2.80. The Morgan fingerprint density at radius 2 is 1.59 bits per heavy atom. The first-order valence-electron chi connectivity index (χ1n) is 9.67. The molecule has 0 saturated carbocycles. The fourth-order valence-corrected chi connectivity index (χ4v) is 2.80. The number of carbonyl (C=O) groups is 2. The van der Waals surface area contributed by atoms with Crippen molar-refractivity contribution in [3.63, 3.8) is 0 Å². The van der Waals surface area contributed by atoms with Gasteiger partial charge in [-0.05, 0) is 63.1 Å². The lowest BCUT2D eigenvalue weighted by Gasteiger charge is -2.22. The summed E-state index contributed by atoms with van der Waals surface area (Å²) in [5.41, 5.74) is 2.64. The van der Waals surface area contributed by atoms with Crippen LogP contribution in [0.3, 0.4) is 0 Å². The predicted molar refractivity (Wildman–Crippen MR) is 112 cm³/mol. The lowest BCUT2D eigenvalue weighted by Crippen LogP contribution is -2.26. The molecule has 2 N–H and O–H groups in total. The third-order valence-corrected chi connectivity index (χ3v) is 4.04. The van der Waals surface area contributed by atoms with Gasteiger partial charge in [0.15, 0.2) is 6.10 Å². The normalized spacial score (nSPS) is 12.3. The number of anilines is 1. The smallest absolute Gasteiger partial charge is 0.333 e. The first-order chi connectivity index (χ1) is 13.7. The molecule has 0 heterocycles. The van der Waals surface area contributed by atoms with Crippen molar-refractivity contribution in [1.82, 2.24) is 0 Å². The molecule has 0 aliphatic rings. The quantitative estimate of drug-likeness (QED) is 0.488. The van der Waals surface area contributed by atoms with Crippen molar-refractivity contribution in [3.8, 4) is 5.75 Å². The van der Waals surface area contributed by atoms with Crippen molar-refractivity contribution in [1.29, 1.82) is 0 Å². The molecule has 0 aromatic heterocycles. The molecular formula is C23H29NO5. The first kappa shape index (κ1) is 22.4. The lowest BCUT2D eigenvalue weighted by molar-refractivity contribution is -0.150. The number of hydrogen-bond donors (Lipinski definition) is 2. The van der Waals surface area contributed by atoms with Crippen molar-refractivity contribution in [2.45, 2.75) is 52.2 Å². The van der Waals surface area contributed by atoms with Gasteiger partial charge < -0.3 is 19.9 Å². The standard InChI is InChI=1S/C23H29NO5/c1-5-28-20(22(26)27)14-16-8-12-19(13-9-16)29-21(25)15-17-6-10-18(11-7-17)24-23(2,3)4/h6-13,20,24H,5,14-15H2,1-4H3,(H,26,27). The Hall–Kier alpha value is -2.86. The summed E-state index contributed by atoms with van der Waals surface area (Å²) in [4.78, 5) is 23.4. The molecule has 6 nitrogen and oxygen atoms in total. The zero-order valence-corrected chi connectivity index (χ0v) is 17.4. The van der Waals surface area contributed by atoms with E-state index >= 15 is 0 Å². The number of carboxylic acids is 1. The molecule has 2 aromatic rings. The number of nitrogens with one attached hydrogen (secondary N) is 1. The second-order valence-corrected chi connectivity index (χ2v) is 7.85. The third-order valence-electron chi connectivity index (χ3n) is 4.04. The van der Waals surface area contributed by atoms with Crippen molar-refractivity contribution < 1.29 is 24.2 Å². The summed E-state index contributed by atoms with van der Waals surface area (Å²) < 4.78 is 10.6. The van der Waals surface area contributed by atoms with Crippen LogP contribution in [-0.4, -0.2) is 35.3 Å². The number of rotatable bonds is 9. The highest BCUT2D eigenvalue weighted by molar-refractivity contribution is 5.75. The maximum absolute atomic E-state index is 12.2. The van der Waals surface area contributed by atoms with Gasteiger partial charge in [0, 0.05) is 24.3 Å². The summed E-state index contributed by atoms with van der Waals surface area (Å²) in [6.07, 6.45) is -0.459. The van der Waals surface area contributed by atoms with Gasteiger partial charge in [0.05, 0.1) is 6.42 Å². The van der Waals surface area contributed by atoms with E-state index in [2.05, 4.69) is 26.1 Å². The van der Waals surface area contributed by atoms with Gasteiger partial charge >= 0.3 is 11.9 Å². The van der Waals surface area contributed by atoms with Crippen molar-refractivity contribution >= 4 is 17.6 Å². The molecule has 0 amide bonds. The Bertz CT molecular complexity index is 807. The van der Waals surface area contributed by atoms with E-state index in [1.54, 1.807) is 31.2 Å². The zero-order chi connectivity index (χ0) is 21.4. The molecule has 2 aromatic carbocycles. The Balaban J connectivity index is 1.89. The van der Waals surface area contributed by atoms with Crippen LogP contribution in [0.25, 0.3) is 0 Å².